The van der Waals surface area contributed by atoms with Crippen LogP contribution < -0.4 is 10.3 Å². The van der Waals surface area contributed by atoms with Crippen LogP contribution in [-0.4, -0.2) is 67.8 Å². The Morgan fingerprint density at radius 1 is 1.18 bits per heavy atom. The number of piperazine rings is 1. The summed E-state index contributed by atoms with van der Waals surface area (Å²) in [4.78, 5) is 24.5. The van der Waals surface area contributed by atoms with E-state index in [2.05, 4.69) is 45.4 Å². The van der Waals surface area contributed by atoms with Crippen molar-refractivity contribution in [3.8, 4) is 17.1 Å². The molecule has 2 fully saturated rings. The van der Waals surface area contributed by atoms with Crippen LogP contribution in [0.4, 0.5) is 0 Å². The lowest BCUT2D eigenvalue weighted by Crippen LogP contribution is -2.49. The van der Waals surface area contributed by atoms with E-state index in [0.29, 0.717) is 35.5 Å². The van der Waals surface area contributed by atoms with E-state index in [-0.39, 0.29) is 5.56 Å². The van der Waals surface area contributed by atoms with Crippen molar-refractivity contribution in [1.82, 2.24) is 29.0 Å². The monoisotopic (exact) mass is 468 g/mol. The summed E-state index contributed by atoms with van der Waals surface area (Å²) in [6, 6.07) is 7.47. The zero-order chi connectivity index (χ0) is 23.1. The normalized spacial score (nSPS) is 21.2. The van der Waals surface area contributed by atoms with Crippen molar-refractivity contribution < 1.29 is 4.74 Å². The molecule has 1 N–H and O–H groups in total. The minimum Gasteiger partial charge on any atom is -0.493 e. The van der Waals surface area contributed by atoms with E-state index in [1.165, 1.54) is 12.8 Å². The maximum absolute atomic E-state index is 13.0. The van der Waals surface area contributed by atoms with Crippen LogP contribution in [0.3, 0.4) is 0 Å². The van der Waals surface area contributed by atoms with E-state index < -0.39 is 0 Å². The van der Waals surface area contributed by atoms with Crippen molar-refractivity contribution >= 4 is 23.0 Å². The zero-order valence-electron chi connectivity index (χ0n) is 19.8. The first-order valence-electron chi connectivity index (χ1n) is 11.9. The number of likely N-dealkylation sites (N-methyl/N-ethyl adjacent to an activating group) is 1. The molecule has 8 nitrogen and oxygen atoms in total. The van der Waals surface area contributed by atoms with Gasteiger partial charge in [0.05, 0.1) is 17.9 Å². The van der Waals surface area contributed by atoms with Crippen LogP contribution in [0.5, 0.6) is 5.75 Å². The average molecular weight is 469 g/mol. The molecule has 2 atom stereocenters. The van der Waals surface area contributed by atoms with Crippen molar-refractivity contribution in [2.75, 3.05) is 26.7 Å². The number of benzene rings is 1. The number of nitrogens with one attached hydrogen (secondary N) is 1. The molecule has 0 spiro atoms. The minimum atomic E-state index is -0.177. The van der Waals surface area contributed by atoms with E-state index in [1.54, 1.807) is 23.7 Å². The molecule has 1 aromatic carbocycles. The van der Waals surface area contributed by atoms with Gasteiger partial charge in [-0.25, -0.2) is 9.29 Å². The van der Waals surface area contributed by atoms with Gasteiger partial charge in [-0.3, -0.25) is 14.4 Å². The van der Waals surface area contributed by atoms with Gasteiger partial charge in [0.15, 0.2) is 5.52 Å². The zero-order valence-corrected chi connectivity index (χ0v) is 20.6. The summed E-state index contributed by atoms with van der Waals surface area (Å²) < 4.78 is 10.0. The standard InChI is InChI=1S/C24H32N6O2S/c1-5-7-19-21-22(29(4)27-19)24(31)26-23(25-21)18-12-17(10-11-20(18)32-6-2)33-30-13-15-8-9-16(14-30)28(15)3/h10-12,15-16H,5-9,13-14H2,1-4H3,(H,25,26,31). The smallest absolute Gasteiger partial charge is 0.277 e. The van der Waals surface area contributed by atoms with Crippen molar-refractivity contribution in [3.63, 3.8) is 0 Å². The van der Waals surface area contributed by atoms with Gasteiger partial charge in [-0.1, -0.05) is 13.3 Å². The molecule has 2 saturated heterocycles. The van der Waals surface area contributed by atoms with Crippen LogP contribution in [0.15, 0.2) is 27.9 Å². The van der Waals surface area contributed by atoms with Gasteiger partial charge in [0, 0.05) is 37.1 Å². The van der Waals surface area contributed by atoms with Gasteiger partial charge in [-0.05, 0) is 63.4 Å². The lowest BCUT2D eigenvalue weighted by Gasteiger charge is -2.38. The van der Waals surface area contributed by atoms with Crippen LogP contribution in [0.2, 0.25) is 0 Å². The molecule has 2 aromatic heterocycles. The number of hydrogen-bond acceptors (Lipinski definition) is 7. The van der Waals surface area contributed by atoms with Crippen LogP contribution in [0, 0.1) is 0 Å². The van der Waals surface area contributed by atoms with Gasteiger partial charge >= 0.3 is 0 Å². The van der Waals surface area contributed by atoms with Crippen molar-refractivity contribution in [1.29, 1.82) is 0 Å². The summed E-state index contributed by atoms with van der Waals surface area (Å²) in [5.41, 5.74) is 2.68. The minimum absolute atomic E-state index is 0.177. The van der Waals surface area contributed by atoms with Crippen LogP contribution in [-0.2, 0) is 13.5 Å². The third-order valence-corrected chi connectivity index (χ3v) is 7.82. The lowest BCUT2D eigenvalue weighted by molar-refractivity contribution is 0.147. The number of ether oxygens (including phenoxy) is 1. The highest BCUT2D eigenvalue weighted by atomic mass is 32.2. The fraction of sp³-hybridized carbons (Fsp3) is 0.542. The molecule has 0 amide bonds. The summed E-state index contributed by atoms with van der Waals surface area (Å²) in [7, 11) is 4.05. The fourth-order valence-corrected chi connectivity index (χ4v) is 6.20. The molecule has 2 bridgehead atoms. The second-order valence-corrected chi connectivity index (χ2v) is 10.2. The molecule has 9 heteroatoms. The highest BCUT2D eigenvalue weighted by molar-refractivity contribution is 7.97. The summed E-state index contributed by atoms with van der Waals surface area (Å²) >= 11 is 1.79. The van der Waals surface area contributed by atoms with E-state index >= 15 is 0 Å². The Labute approximate surface area is 198 Å². The number of hydrogen-bond donors (Lipinski definition) is 1. The maximum Gasteiger partial charge on any atom is 0.277 e. The number of aryl methyl sites for hydroxylation is 2. The molecule has 4 heterocycles. The van der Waals surface area contributed by atoms with Crippen molar-refractivity contribution in [3.05, 3.63) is 34.2 Å². The second kappa shape index (κ2) is 9.12. The summed E-state index contributed by atoms with van der Waals surface area (Å²) in [5.74, 6) is 1.26. The molecular formula is C24H32N6O2S. The molecule has 0 saturated carbocycles. The Morgan fingerprint density at radius 2 is 1.94 bits per heavy atom. The first-order chi connectivity index (χ1) is 16.0. The number of aromatic nitrogens is 4. The second-order valence-electron chi connectivity index (χ2n) is 9.01. The third kappa shape index (κ3) is 4.18. The molecule has 2 unspecified atom stereocenters. The predicted octanol–water partition coefficient (Wildman–Crippen LogP) is 3.46. The van der Waals surface area contributed by atoms with Gasteiger partial charge in [0.2, 0.25) is 0 Å². The number of rotatable bonds is 7. The third-order valence-electron chi connectivity index (χ3n) is 6.80. The Kier molecular flexibility index (Phi) is 6.20. The summed E-state index contributed by atoms with van der Waals surface area (Å²) in [6.07, 6.45) is 4.29. The lowest BCUT2D eigenvalue weighted by atomic mass is 10.1. The van der Waals surface area contributed by atoms with E-state index in [9.17, 15) is 4.79 Å². The first kappa shape index (κ1) is 22.4. The highest BCUT2D eigenvalue weighted by Crippen LogP contribution is 2.37. The quantitative estimate of drug-likeness (QED) is 0.532. The number of aromatic amines is 1. The van der Waals surface area contributed by atoms with Gasteiger partial charge in [0.25, 0.3) is 5.56 Å². The van der Waals surface area contributed by atoms with Gasteiger partial charge in [0.1, 0.15) is 17.1 Å². The average Bonchev–Trinajstić information content (AvgIpc) is 3.19. The maximum atomic E-state index is 13.0. The Balaban J connectivity index is 1.52. The number of fused-ring (bicyclic) bond motifs is 3. The fourth-order valence-electron chi connectivity index (χ4n) is 5.11. The predicted molar refractivity (Wildman–Crippen MR) is 132 cm³/mol. The molecular weight excluding hydrogens is 436 g/mol. The Morgan fingerprint density at radius 3 is 2.64 bits per heavy atom. The van der Waals surface area contributed by atoms with Crippen LogP contribution in [0.25, 0.3) is 22.4 Å². The topological polar surface area (TPSA) is 79.3 Å². The van der Waals surface area contributed by atoms with Gasteiger partial charge in [-0.2, -0.15) is 5.10 Å². The van der Waals surface area contributed by atoms with Crippen molar-refractivity contribution in [2.45, 2.75) is 56.5 Å². The molecule has 3 aromatic rings. The van der Waals surface area contributed by atoms with Gasteiger partial charge in [-0.15, -0.1) is 0 Å². The van der Waals surface area contributed by atoms with E-state index in [0.717, 1.165) is 47.8 Å². The van der Waals surface area contributed by atoms with E-state index in [1.807, 2.05) is 13.0 Å². The van der Waals surface area contributed by atoms with Crippen LogP contribution in [0.1, 0.15) is 38.8 Å². The molecule has 0 aliphatic carbocycles. The van der Waals surface area contributed by atoms with Crippen LogP contribution >= 0.6 is 11.9 Å². The Bertz CT molecular complexity index is 1210. The number of nitrogens with zero attached hydrogens (tertiary/aromatic N) is 5. The summed E-state index contributed by atoms with van der Waals surface area (Å²) in [5, 5.41) is 4.54. The van der Waals surface area contributed by atoms with E-state index in [4.69, 9.17) is 9.72 Å². The first-order valence-corrected chi connectivity index (χ1v) is 12.6. The SMILES string of the molecule is CCCc1nn(C)c2c(=O)[nH]c(-c3cc(SN4CC5CCC(C4)N5C)ccc3OCC)nc12. The molecule has 176 valence electrons. The van der Waals surface area contributed by atoms with Gasteiger partial charge < -0.3 is 9.72 Å². The summed E-state index contributed by atoms with van der Waals surface area (Å²) in [6.45, 7) is 6.75. The largest absolute Gasteiger partial charge is 0.493 e. The number of H-pyrrole nitrogens is 1. The highest BCUT2D eigenvalue weighted by Gasteiger charge is 2.37. The molecule has 2 aliphatic heterocycles. The molecule has 0 radical (unpaired) electrons. The Hall–Kier alpha value is -2.36. The molecule has 5 rings (SSSR count). The molecule has 2 aliphatic rings. The molecule has 33 heavy (non-hydrogen) atoms. The van der Waals surface area contributed by atoms with Crippen molar-refractivity contribution in [2.24, 2.45) is 7.05 Å².